The zero-order valence-electron chi connectivity index (χ0n) is 11.7. The maximum absolute atomic E-state index is 6.15. The Balaban J connectivity index is 2.01. The monoisotopic (exact) mass is 383 g/mol. The van der Waals surface area contributed by atoms with Crippen LogP contribution in [0, 0.1) is 0 Å². The minimum atomic E-state index is 0.497. The summed E-state index contributed by atoms with van der Waals surface area (Å²) in [5.41, 5.74) is 2.82. The second-order valence-corrected chi connectivity index (χ2v) is 6.38. The smallest absolute Gasteiger partial charge is 0.175 e. The highest BCUT2D eigenvalue weighted by Gasteiger charge is 2.04. The summed E-state index contributed by atoms with van der Waals surface area (Å²) >= 11 is 14.8. The Kier molecular flexibility index (Phi) is 5.45. The van der Waals surface area contributed by atoms with Crippen LogP contribution in [0.2, 0.25) is 5.02 Å². The molecule has 2 N–H and O–H groups in total. The Morgan fingerprint density at radius 1 is 1.10 bits per heavy atom. The van der Waals surface area contributed by atoms with E-state index >= 15 is 0 Å². The van der Waals surface area contributed by atoms with Gasteiger partial charge in [0.25, 0.3) is 0 Å². The molecule has 0 fully saturated rings. The number of nitrogens with zero attached hydrogens (tertiary/aromatic N) is 1. The number of benzene rings is 2. The lowest BCUT2D eigenvalue weighted by Gasteiger charge is -2.14. The van der Waals surface area contributed by atoms with Crippen molar-refractivity contribution in [2.45, 2.75) is 0 Å². The number of hydrogen-bond acceptors (Lipinski definition) is 2. The van der Waals surface area contributed by atoms with Crippen LogP contribution in [0.15, 0.2) is 46.9 Å². The van der Waals surface area contributed by atoms with Crippen molar-refractivity contribution in [1.82, 2.24) is 0 Å². The second kappa shape index (κ2) is 7.11. The van der Waals surface area contributed by atoms with Crippen LogP contribution in [0.5, 0.6) is 0 Å². The van der Waals surface area contributed by atoms with Crippen molar-refractivity contribution < 1.29 is 0 Å². The van der Waals surface area contributed by atoms with Crippen LogP contribution in [-0.4, -0.2) is 19.2 Å². The molecule has 2 aromatic carbocycles. The minimum absolute atomic E-state index is 0.497. The molecule has 2 rings (SSSR count). The van der Waals surface area contributed by atoms with Crippen molar-refractivity contribution in [1.29, 1.82) is 0 Å². The van der Waals surface area contributed by atoms with Gasteiger partial charge in [-0.2, -0.15) is 0 Å². The van der Waals surface area contributed by atoms with Crippen LogP contribution in [0.1, 0.15) is 0 Å². The molecular formula is C15H15BrClN3S. The average molecular weight is 385 g/mol. The van der Waals surface area contributed by atoms with Crippen LogP contribution in [0.3, 0.4) is 0 Å². The third kappa shape index (κ3) is 4.59. The Bertz CT molecular complexity index is 644. The van der Waals surface area contributed by atoms with Gasteiger partial charge in [-0.05, 0) is 54.7 Å². The molecule has 3 nitrogen and oxygen atoms in total. The molecule has 0 bridgehead atoms. The van der Waals surface area contributed by atoms with Gasteiger partial charge in [0.15, 0.2) is 5.11 Å². The summed E-state index contributed by atoms with van der Waals surface area (Å²) in [6.45, 7) is 0. The van der Waals surface area contributed by atoms with Crippen molar-refractivity contribution >= 4 is 61.9 Å². The Morgan fingerprint density at radius 3 is 2.33 bits per heavy atom. The zero-order valence-corrected chi connectivity index (χ0v) is 14.8. The van der Waals surface area contributed by atoms with Gasteiger partial charge in [-0.3, -0.25) is 0 Å². The summed E-state index contributed by atoms with van der Waals surface area (Å²) in [6.07, 6.45) is 0. The van der Waals surface area contributed by atoms with Gasteiger partial charge in [0.05, 0.1) is 10.7 Å². The van der Waals surface area contributed by atoms with Gasteiger partial charge >= 0.3 is 0 Å². The molecule has 0 heterocycles. The summed E-state index contributed by atoms with van der Waals surface area (Å²) in [5, 5.41) is 7.32. The minimum Gasteiger partial charge on any atom is -0.378 e. The van der Waals surface area contributed by atoms with Crippen molar-refractivity contribution in [3.05, 3.63) is 52.0 Å². The topological polar surface area (TPSA) is 27.3 Å². The molecule has 0 aliphatic carbocycles. The normalized spacial score (nSPS) is 10.1. The van der Waals surface area contributed by atoms with E-state index in [1.165, 1.54) is 0 Å². The van der Waals surface area contributed by atoms with Gasteiger partial charge in [0, 0.05) is 29.9 Å². The SMILES string of the molecule is CN(C)c1ccc(NC(=S)Nc2ccc(Br)cc2Cl)cc1. The lowest BCUT2D eigenvalue weighted by atomic mass is 10.2. The van der Waals surface area contributed by atoms with E-state index in [0.29, 0.717) is 10.1 Å². The summed E-state index contributed by atoms with van der Waals surface area (Å²) in [5.74, 6) is 0. The van der Waals surface area contributed by atoms with Gasteiger partial charge in [-0.15, -0.1) is 0 Å². The number of halogens is 2. The fraction of sp³-hybridized carbons (Fsp3) is 0.133. The molecule has 2 aromatic rings. The fourth-order valence-corrected chi connectivity index (χ4v) is 2.67. The van der Waals surface area contributed by atoms with E-state index in [0.717, 1.165) is 21.5 Å². The predicted octanol–water partition coefficient (Wildman–Crippen LogP) is 4.98. The zero-order chi connectivity index (χ0) is 15.4. The van der Waals surface area contributed by atoms with E-state index in [-0.39, 0.29) is 0 Å². The summed E-state index contributed by atoms with van der Waals surface area (Å²) < 4.78 is 0.927. The lowest BCUT2D eigenvalue weighted by molar-refractivity contribution is 1.13. The maximum Gasteiger partial charge on any atom is 0.175 e. The molecule has 0 aliphatic heterocycles. The van der Waals surface area contributed by atoms with Gasteiger partial charge < -0.3 is 15.5 Å². The third-order valence-electron chi connectivity index (χ3n) is 2.82. The summed E-state index contributed by atoms with van der Waals surface area (Å²) in [4.78, 5) is 2.04. The lowest BCUT2D eigenvalue weighted by Crippen LogP contribution is -2.19. The van der Waals surface area contributed by atoms with Gasteiger partial charge in [-0.25, -0.2) is 0 Å². The Labute approximate surface area is 143 Å². The van der Waals surface area contributed by atoms with Gasteiger partial charge in [-0.1, -0.05) is 27.5 Å². The molecule has 0 unspecified atom stereocenters. The predicted molar refractivity (Wildman–Crippen MR) is 99.8 cm³/mol. The number of nitrogens with one attached hydrogen (secondary N) is 2. The highest BCUT2D eigenvalue weighted by Crippen LogP contribution is 2.26. The quantitative estimate of drug-likeness (QED) is 0.730. The van der Waals surface area contributed by atoms with Gasteiger partial charge in [0.1, 0.15) is 0 Å². The molecule has 6 heteroatoms. The van der Waals surface area contributed by atoms with E-state index in [1.807, 2.05) is 61.5 Å². The molecule has 0 radical (unpaired) electrons. The molecule has 0 spiro atoms. The molecular weight excluding hydrogens is 370 g/mol. The second-order valence-electron chi connectivity index (χ2n) is 4.64. The Hall–Kier alpha value is -1.30. The summed E-state index contributed by atoms with van der Waals surface area (Å²) in [6, 6.07) is 13.6. The average Bonchev–Trinajstić information content (AvgIpc) is 2.42. The highest BCUT2D eigenvalue weighted by molar-refractivity contribution is 9.10. The molecule has 0 atom stereocenters. The van der Waals surface area contributed by atoms with Crippen molar-refractivity contribution in [3.63, 3.8) is 0 Å². The first-order valence-electron chi connectivity index (χ1n) is 6.26. The van der Waals surface area contributed by atoms with E-state index in [2.05, 4.69) is 26.6 Å². The van der Waals surface area contributed by atoms with Crippen molar-refractivity contribution in [3.8, 4) is 0 Å². The summed E-state index contributed by atoms with van der Waals surface area (Å²) in [7, 11) is 4.01. The van der Waals surface area contributed by atoms with Gasteiger partial charge in [0.2, 0.25) is 0 Å². The van der Waals surface area contributed by atoms with Crippen LogP contribution in [0.4, 0.5) is 17.1 Å². The van der Waals surface area contributed by atoms with Crippen LogP contribution < -0.4 is 15.5 Å². The first-order chi connectivity index (χ1) is 9.95. The van der Waals surface area contributed by atoms with Crippen LogP contribution in [0.25, 0.3) is 0 Å². The molecule has 0 saturated carbocycles. The largest absolute Gasteiger partial charge is 0.378 e. The standard InChI is InChI=1S/C15H15BrClN3S/c1-20(2)12-6-4-11(5-7-12)18-15(21)19-14-8-3-10(16)9-13(14)17/h3-9H,1-2H3,(H2,18,19,21). The first-order valence-corrected chi connectivity index (χ1v) is 7.84. The molecule has 21 heavy (non-hydrogen) atoms. The molecule has 0 amide bonds. The van der Waals surface area contributed by atoms with E-state index in [1.54, 1.807) is 0 Å². The van der Waals surface area contributed by atoms with Crippen LogP contribution in [-0.2, 0) is 0 Å². The molecule has 0 saturated heterocycles. The highest BCUT2D eigenvalue weighted by atomic mass is 79.9. The number of anilines is 3. The van der Waals surface area contributed by atoms with E-state index in [9.17, 15) is 0 Å². The molecule has 0 aliphatic rings. The number of rotatable bonds is 3. The number of hydrogen-bond donors (Lipinski definition) is 2. The van der Waals surface area contributed by atoms with Crippen molar-refractivity contribution in [2.24, 2.45) is 0 Å². The fourth-order valence-electron chi connectivity index (χ4n) is 1.72. The molecule has 0 aromatic heterocycles. The Morgan fingerprint density at radius 2 is 1.76 bits per heavy atom. The van der Waals surface area contributed by atoms with E-state index < -0.39 is 0 Å². The van der Waals surface area contributed by atoms with Crippen molar-refractivity contribution in [2.75, 3.05) is 29.6 Å². The van der Waals surface area contributed by atoms with Crippen LogP contribution >= 0.6 is 39.7 Å². The maximum atomic E-state index is 6.15. The third-order valence-corrected chi connectivity index (χ3v) is 3.83. The number of thiocarbonyl (C=S) groups is 1. The molecule has 110 valence electrons. The first kappa shape index (κ1) is 16.1. The van der Waals surface area contributed by atoms with E-state index in [4.69, 9.17) is 23.8 Å².